The predicted octanol–water partition coefficient (Wildman–Crippen LogP) is 3.58. The van der Waals surface area contributed by atoms with Gasteiger partial charge in [-0.2, -0.15) is 10.2 Å². The van der Waals surface area contributed by atoms with Crippen molar-refractivity contribution in [3.63, 3.8) is 0 Å². The lowest BCUT2D eigenvalue weighted by Gasteiger charge is -2.21. The van der Waals surface area contributed by atoms with Crippen molar-refractivity contribution in [2.45, 2.75) is 18.8 Å². The van der Waals surface area contributed by atoms with Gasteiger partial charge in [0.05, 0.1) is 5.69 Å². The molecular formula is C18H18FN5S. The van der Waals surface area contributed by atoms with Gasteiger partial charge in [0.25, 0.3) is 0 Å². The monoisotopic (exact) mass is 355 g/mol. The van der Waals surface area contributed by atoms with Crippen molar-refractivity contribution >= 4 is 32.5 Å². The fourth-order valence-corrected chi connectivity index (χ4v) is 4.78. The van der Waals surface area contributed by atoms with Crippen LogP contribution >= 0.6 is 11.3 Å². The summed E-state index contributed by atoms with van der Waals surface area (Å²) >= 11 is 1.76. The molecule has 0 unspecified atom stereocenters. The van der Waals surface area contributed by atoms with Gasteiger partial charge >= 0.3 is 0 Å². The fourth-order valence-electron chi connectivity index (χ4n) is 3.61. The van der Waals surface area contributed by atoms with Gasteiger partial charge in [-0.15, -0.1) is 11.3 Å². The molecule has 5 nitrogen and oxygen atoms in total. The zero-order valence-electron chi connectivity index (χ0n) is 13.9. The number of hydrogen-bond acceptors (Lipinski definition) is 4. The van der Waals surface area contributed by atoms with Gasteiger partial charge in [-0.25, -0.2) is 9.07 Å². The van der Waals surface area contributed by atoms with Crippen LogP contribution in [0.25, 0.3) is 26.8 Å². The van der Waals surface area contributed by atoms with E-state index in [4.69, 9.17) is 0 Å². The molecule has 3 aromatic heterocycles. The number of hydrogen-bond donors (Lipinski definition) is 1. The summed E-state index contributed by atoms with van der Waals surface area (Å²) in [6, 6.07) is 5.67. The van der Waals surface area contributed by atoms with E-state index < -0.39 is 0 Å². The van der Waals surface area contributed by atoms with E-state index in [1.807, 2.05) is 18.5 Å². The van der Waals surface area contributed by atoms with Crippen molar-refractivity contribution in [1.29, 1.82) is 0 Å². The van der Waals surface area contributed by atoms with Crippen molar-refractivity contribution in [3.05, 3.63) is 41.3 Å². The van der Waals surface area contributed by atoms with Gasteiger partial charge in [0.2, 0.25) is 0 Å². The maximum absolute atomic E-state index is 14.3. The molecule has 4 aromatic rings. The van der Waals surface area contributed by atoms with Crippen molar-refractivity contribution in [1.82, 2.24) is 24.9 Å². The van der Waals surface area contributed by atoms with Crippen LogP contribution in [0, 0.1) is 5.82 Å². The molecule has 4 heterocycles. The lowest BCUT2D eigenvalue weighted by atomic mass is 9.96. The highest BCUT2D eigenvalue weighted by molar-refractivity contribution is 7.18. The third-order valence-electron chi connectivity index (χ3n) is 4.89. The summed E-state index contributed by atoms with van der Waals surface area (Å²) in [5.74, 6) is 0.320. The first-order chi connectivity index (χ1) is 12.2. The minimum Gasteiger partial charge on any atom is -0.317 e. The Morgan fingerprint density at radius 2 is 1.96 bits per heavy atom. The molecule has 1 aliphatic heterocycles. The maximum atomic E-state index is 14.3. The Kier molecular flexibility index (Phi) is 3.39. The second-order valence-electron chi connectivity index (χ2n) is 6.68. The second kappa shape index (κ2) is 5.64. The van der Waals surface area contributed by atoms with E-state index in [0.29, 0.717) is 11.4 Å². The van der Waals surface area contributed by atoms with Crippen LogP contribution in [0.1, 0.15) is 23.6 Å². The summed E-state index contributed by atoms with van der Waals surface area (Å²) < 4.78 is 17.7. The van der Waals surface area contributed by atoms with Crippen LogP contribution in [0.5, 0.6) is 0 Å². The average Bonchev–Trinajstić information content (AvgIpc) is 3.27. The molecule has 0 bridgehead atoms. The third-order valence-corrected chi connectivity index (χ3v) is 6.08. The first-order valence-electron chi connectivity index (χ1n) is 8.50. The Morgan fingerprint density at radius 3 is 2.76 bits per heavy atom. The summed E-state index contributed by atoms with van der Waals surface area (Å²) in [5.41, 5.74) is 1.12. The molecule has 1 N–H and O–H groups in total. The summed E-state index contributed by atoms with van der Waals surface area (Å²) in [6.07, 6.45) is 6.19. The molecule has 5 rings (SSSR count). The Morgan fingerprint density at radius 1 is 1.12 bits per heavy atom. The molecule has 1 saturated heterocycles. The summed E-state index contributed by atoms with van der Waals surface area (Å²) in [5, 5.41) is 14.2. The quantitative estimate of drug-likeness (QED) is 0.598. The van der Waals surface area contributed by atoms with E-state index in [2.05, 4.69) is 21.6 Å². The molecule has 1 aromatic carbocycles. The lowest BCUT2D eigenvalue weighted by molar-refractivity contribution is 0.465. The number of fused-ring (bicyclic) bond motifs is 2. The number of nitrogens with zero attached hydrogens (tertiary/aromatic N) is 4. The summed E-state index contributed by atoms with van der Waals surface area (Å²) in [4.78, 5) is 2.43. The minimum absolute atomic E-state index is 0.317. The van der Waals surface area contributed by atoms with Crippen LogP contribution in [0.3, 0.4) is 0 Å². The minimum atomic E-state index is -0.317. The standard InChI is InChI=1S/C18H18FN5S/c1-23-9-12-6-14(8-15(19)17(12)21-23)24-10-13-7-16(25-18(13)22-24)11-2-4-20-5-3-11/h6-11,20H,2-5H2,1H3. The fraction of sp³-hybridized carbons (Fsp3) is 0.333. The van der Waals surface area contributed by atoms with Crippen molar-refractivity contribution in [2.24, 2.45) is 7.05 Å². The number of aromatic nitrogens is 4. The molecule has 0 spiro atoms. The van der Waals surface area contributed by atoms with Crippen molar-refractivity contribution in [2.75, 3.05) is 13.1 Å². The van der Waals surface area contributed by atoms with Gasteiger partial charge in [0.15, 0.2) is 5.82 Å². The zero-order valence-corrected chi connectivity index (χ0v) is 14.7. The van der Waals surface area contributed by atoms with Gasteiger partial charge in [0, 0.05) is 41.2 Å². The highest BCUT2D eigenvalue weighted by Gasteiger charge is 2.19. The van der Waals surface area contributed by atoms with Gasteiger partial charge in [-0.1, -0.05) is 0 Å². The van der Waals surface area contributed by atoms with E-state index in [9.17, 15) is 4.39 Å². The molecule has 7 heteroatoms. The molecular weight excluding hydrogens is 337 g/mol. The number of rotatable bonds is 2. The van der Waals surface area contributed by atoms with E-state index >= 15 is 0 Å². The predicted molar refractivity (Wildman–Crippen MR) is 98.0 cm³/mol. The molecule has 0 saturated carbocycles. The second-order valence-corrected chi connectivity index (χ2v) is 7.74. The third kappa shape index (κ3) is 2.54. The van der Waals surface area contributed by atoms with Gasteiger partial charge in [-0.05, 0) is 44.0 Å². The molecule has 0 radical (unpaired) electrons. The van der Waals surface area contributed by atoms with E-state index in [1.165, 1.54) is 23.8 Å². The average molecular weight is 355 g/mol. The summed E-state index contributed by atoms with van der Waals surface area (Å²) in [7, 11) is 1.80. The number of piperidine rings is 1. The normalized spacial score (nSPS) is 16.2. The number of halogens is 1. The highest BCUT2D eigenvalue weighted by Crippen LogP contribution is 2.35. The van der Waals surface area contributed by atoms with Crippen LogP contribution in [-0.4, -0.2) is 32.7 Å². The van der Waals surface area contributed by atoms with Crippen molar-refractivity contribution in [3.8, 4) is 5.69 Å². The smallest absolute Gasteiger partial charge is 0.153 e. The van der Waals surface area contributed by atoms with E-state index in [-0.39, 0.29) is 5.82 Å². The first-order valence-corrected chi connectivity index (χ1v) is 9.32. The van der Waals surface area contributed by atoms with Crippen LogP contribution in [-0.2, 0) is 7.05 Å². The van der Waals surface area contributed by atoms with Gasteiger partial charge in [-0.3, -0.25) is 4.68 Å². The molecule has 25 heavy (non-hydrogen) atoms. The van der Waals surface area contributed by atoms with E-state index in [0.717, 1.165) is 34.4 Å². The van der Waals surface area contributed by atoms with Crippen LogP contribution in [0.4, 0.5) is 4.39 Å². The number of nitrogens with one attached hydrogen (secondary N) is 1. The Balaban J connectivity index is 1.53. The molecule has 0 atom stereocenters. The molecule has 0 aliphatic carbocycles. The molecule has 128 valence electrons. The lowest BCUT2D eigenvalue weighted by Crippen LogP contribution is -2.26. The topological polar surface area (TPSA) is 47.7 Å². The molecule has 1 aliphatic rings. The largest absolute Gasteiger partial charge is 0.317 e. The first kappa shape index (κ1) is 15.0. The van der Waals surface area contributed by atoms with Gasteiger partial charge in [0.1, 0.15) is 10.3 Å². The Bertz CT molecular complexity index is 1040. The highest BCUT2D eigenvalue weighted by atomic mass is 32.1. The zero-order chi connectivity index (χ0) is 17.0. The van der Waals surface area contributed by atoms with Crippen LogP contribution < -0.4 is 5.32 Å². The Labute approximate surface area is 148 Å². The molecule has 1 fully saturated rings. The van der Waals surface area contributed by atoms with Gasteiger partial charge < -0.3 is 5.32 Å². The van der Waals surface area contributed by atoms with Crippen molar-refractivity contribution < 1.29 is 4.39 Å². The SMILES string of the molecule is Cn1cc2cc(-n3cc4cc(C5CCNCC5)sc4n3)cc(F)c2n1. The van der Waals surface area contributed by atoms with E-state index in [1.54, 1.807) is 27.7 Å². The maximum Gasteiger partial charge on any atom is 0.153 e. The number of aryl methyl sites for hydroxylation is 1. The summed E-state index contributed by atoms with van der Waals surface area (Å²) in [6.45, 7) is 2.18. The van der Waals surface area contributed by atoms with Crippen LogP contribution in [0.15, 0.2) is 30.6 Å². The number of benzene rings is 1. The number of thiophene rings is 1. The molecule has 0 amide bonds. The Hall–Kier alpha value is -2.25. The van der Waals surface area contributed by atoms with Crippen LogP contribution in [0.2, 0.25) is 0 Å².